The number of carboxylic acid groups (broad SMARTS) is 1. The lowest BCUT2D eigenvalue weighted by molar-refractivity contribution is -0.154. The van der Waals surface area contributed by atoms with Crippen LogP contribution < -0.4 is 26.6 Å². The molecule has 8 N–H and O–H groups in total. The van der Waals surface area contributed by atoms with E-state index in [0.717, 1.165) is 9.80 Å². The lowest BCUT2D eigenvalue weighted by atomic mass is 9.91. The molecule has 0 aromatic rings. The van der Waals surface area contributed by atoms with E-state index in [1.54, 1.807) is 53.8 Å². The average molecular weight is 1250 g/mol. The molecule has 13 atom stereocenters. The third-order valence-electron chi connectivity index (χ3n) is 16.1. The van der Waals surface area contributed by atoms with Gasteiger partial charge in [-0.3, -0.25) is 52.7 Å². The smallest absolute Gasteiger partial charge is 0.325 e. The molecule has 0 aliphatic carbocycles. The maximum absolute atomic E-state index is 15.0. The maximum Gasteiger partial charge on any atom is 0.325 e. The molecule has 0 fully saturated rings. The molecule has 0 saturated carbocycles. The minimum Gasteiger partial charge on any atom is -0.480 e. The van der Waals surface area contributed by atoms with Crippen LogP contribution in [-0.4, -0.2) is 213 Å². The number of nitrogens with one attached hydrogen (secondary N) is 5. The van der Waals surface area contributed by atoms with Gasteiger partial charge in [0.1, 0.15) is 54.4 Å². The molecule has 0 aromatic carbocycles. The number of amides is 10. The van der Waals surface area contributed by atoms with E-state index in [9.17, 15) is 63.3 Å². The normalized spacial score (nSPS) is 16.3. The fourth-order valence-corrected chi connectivity index (χ4v) is 10.3. The Morgan fingerprint density at radius 3 is 1.19 bits per heavy atom. The van der Waals surface area contributed by atoms with Gasteiger partial charge >= 0.3 is 5.97 Å². The summed E-state index contributed by atoms with van der Waals surface area (Å²) < 4.78 is 0. The fourth-order valence-electron chi connectivity index (χ4n) is 10.3. The highest BCUT2D eigenvalue weighted by atomic mass is 16.4. The molecule has 0 radical (unpaired) electrons. The van der Waals surface area contributed by atoms with Crippen molar-refractivity contribution in [3.8, 4) is 0 Å². The van der Waals surface area contributed by atoms with Crippen molar-refractivity contribution in [3.63, 3.8) is 0 Å². The van der Waals surface area contributed by atoms with E-state index in [-0.39, 0.29) is 79.4 Å². The molecule has 0 aromatic heterocycles. The van der Waals surface area contributed by atoms with Crippen LogP contribution in [0.15, 0.2) is 12.2 Å². The number of likely N-dealkylation sites (N-methyl/N-ethyl adjacent to an activating group) is 5. The van der Waals surface area contributed by atoms with Gasteiger partial charge in [-0.25, -0.2) is 0 Å². The zero-order valence-electron chi connectivity index (χ0n) is 57.7. The first-order valence-corrected chi connectivity index (χ1v) is 31.5. The third-order valence-corrected chi connectivity index (χ3v) is 16.1. The Morgan fingerprint density at radius 1 is 0.432 bits per heavy atom. The van der Waals surface area contributed by atoms with Crippen molar-refractivity contribution < 1.29 is 68.1 Å². The summed E-state index contributed by atoms with van der Waals surface area (Å²) in [6, 6.07) is -11.5. The third kappa shape index (κ3) is 25.7. The number of allylic oxidation sites excluding steroid dienone is 2. The van der Waals surface area contributed by atoms with Crippen LogP contribution >= 0.6 is 0 Å². The number of hydrogen-bond donors (Lipinski definition) is 8. The lowest BCUT2D eigenvalue weighted by Crippen LogP contribution is -2.64. The van der Waals surface area contributed by atoms with Crippen molar-refractivity contribution in [1.29, 1.82) is 0 Å². The van der Waals surface area contributed by atoms with Crippen LogP contribution in [0.1, 0.15) is 170 Å². The average Bonchev–Trinajstić information content (AvgIpc) is 1.86. The van der Waals surface area contributed by atoms with Gasteiger partial charge < -0.3 is 66.4 Å². The highest BCUT2D eigenvalue weighted by Crippen LogP contribution is 2.24. The summed E-state index contributed by atoms with van der Waals surface area (Å²) >= 11 is 0. The van der Waals surface area contributed by atoms with Crippen molar-refractivity contribution in [2.75, 3.05) is 41.8 Å². The summed E-state index contributed by atoms with van der Waals surface area (Å²) in [7, 11) is 7.03. The molecular formula is C64H116N10O14. The van der Waals surface area contributed by atoms with Crippen LogP contribution in [0.3, 0.4) is 0 Å². The molecule has 0 aliphatic rings. The van der Waals surface area contributed by atoms with E-state index in [1.807, 2.05) is 83.1 Å². The Labute approximate surface area is 526 Å². The number of nitrogens with zero attached hydrogens (tertiary/aromatic N) is 5. The highest BCUT2D eigenvalue weighted by molar-refractivity contribution is 5.98. The molecule has 24 nitrogen and oxygen atoms in total. The molecule has 0 heterocycles. The van der Waals surface area contributed by atoms with Crippen LogP contribution in [0.4, 0.5) is 0 Å². The Hall–Kier alpha value is -6.17. The van der Waals surface area contributed by atoms with Gasteiger partial charge in [0.05, 0.1) is 18.8 Å². The van der Waals surface area contributed by atoms with Crippen LogP contribution in [0.5, 0.6) is 0 Å². The second kappa shape index (κ2) is 38.4. The zero-order chi connectivity index (χ0) is 68.7. The van der Waals surface area contributed by atoms with Gasteiger partial charge in [0, 0.05) is 41.2 Å². The SMILES string of the molecule is C/C=C/CC(C)C(O)[C@@H](C(=O)N[C@H](C(=O)NCC(=O)N(C)[C@@H](CC(C)C)C(=O)N[C@@H](CC(C)C)C(=O)N(C)[C@@H](CC(C)C)C(=O)N[C@@H](C)C(=O)O)[C@@H](C)O)N(C)C(=O)[C@H](C(C)C)N(C)C(=O)[C@H](CC(C)C)NC(=O)[C@H](CC(C)C)N(C)C(=O)[C@H](C)C(C)C. The Morgan fingerprint density at radius 2 is 0.818 bits per heavy atom. The standard InChI is InChI=1S/C64H116N10O14/c1-25-26-27-41(16)54(77)53(74(24)63(86)52(40(14)15)73(23)62(85)46(29-35(4)5)68-57(80)49(32-38(10)11)71(21)60(83)42(17)39(12)13)59(82)69-51(44(19)75)58(81)65-33-50(76)70(20)47(30-36(6)7)56(79)67-45(28-34(2)3)61(84)72(22)48(31-37(8)9)55(78)66-43(18)64(87)88/h25-26,34-49,51-54,75,77H,27-33H2,1-24H3,(H,65,81)(H,66,78)(H,67,79)(H,68,80)(H,69,82)(H,87,88)/b26-25+/t41?,42-,43+,44-,45+,46+,47+,48+,49+,51+,52+,53+,54?/m1/s1. The van der Waals surface area contributed by atoms with Crippen molar-refractivity contribution in [3.05, 3.63) is 12.2 Å². The molecule has 0 rings (SSSR count). The van der Waals surface area contributed by atoms with Crippen molar-refractivity contribution in [2.45, 2.75) is 237 Å². The summed E-state index contributed by atoms with van der Waals surface area (Å²) in [5.41, 5.74) is 0. The summed E-state index contributed by atoms with van der Waals surface area (Å²) in [6.45, 7) is 32.8. The van der Waals surface area contributed by atoms with Crippen LogP contribution in [0.2, 0.25) is 0 Å². The Kier molecular flexibility index (Phi) is 35.7. The predicted molar refractivity (Wildman–Crippen MR) is 339 cm³/mol. The Balaban J connectivity index is 7.11. The quantitative estimate of drug-likeness (QED) is 0.0408. The molecule has 24 heteroatoms. The lowest BCUT2D eigenvalue weighted by Gasteiger charge is -2.40. The second-order valence-corrected chi connectivity index (χ2v) is 27.1. The number of carboxylic acids is 1. The number of rotatable bonds is 38. The van der Waals surface area contributed by atoms with Crippen LogP contribution in [-0.2, 0) is 52.7 Å². The van der Waals surface area contributed by atoms with E-state index in [1.165, 1.54) is 56.7 Å². The van der Waals surface area contributed by atoms with Gasteiger partial charge in [0.25, 0.3) is 0 Å². The molecule has 10 amide bonds. The summed E-state index contributed by atoms with van der Waals surface area (Å²) in [5, 5.41) is 45.6. The highest BCUT2D eigenvalue weighted by Gasteiger charge is 2.45. The second-order valence-electron chi connectivity index (χ2n) is 27.1. The van der Waals surface area contributed by atoms with Gasteiger partial charge in [0.2, 0.25) is 59.1 Å². The zero-order valence-corrected chi connectivity index (χ0v) is 57.7. The van der Waals surface area contributed by atoms with Crippen molar-refractivity contribution in [2.24, 2.45) is 53.3 Å². The van der Waals surface area contributed by atoms with Gasteiger partial charge in [-0.2, -0.15) is 0 Å². The largest absolute Gasteiger partial charge is 0.480 e. The predicted octanol–water partition coefficient (Wildman–Crippen LogP) is 3.80. The summed E-state index contributed by atoms with van der Waals surface area (Å²) in [5.74, 6) is -10.4. The maximum atomic E-state index is 15.0. The van der Waals surface area contributed by atoms with E-state index < -0.39 is 144 Å². The first-order chi connectivity index (χ1) is 40.5. The monoisotopic (exact) mass is 1250 g/mol. The number of aliphatic carboxylic acids is 1. The molecule has 506 valence electrons. The molecule has 88 heavy (non-hydrogen) atoms. The topological polar surface area (TPSA) is 325 Å². The number of aliphatic hydroxyl groups excluding tert-OH is 2. The number of carbonyl (C=O) groups excluding carboxylic acids is 10. The van der Waals surface area contributed by atoms with Crippen molar-refractivity contribution in [1.82, 2.24) is 51.1 Å². The van der Waals surface area contributed by atoms with Gasteiger partial charge in [0.15, 0.2) is 0 Å². The van der Waals surface area contributed by atoms with E-state index in [0.29, 0.717) is 6.42 Å². The Bertz CT molecular complexity index is 2340. The first kappa shape index (κ1) is 81.8. The van der Waals surface area contributed by atoms with Gasteiger partial charge in [-0.1, -0.05) is 123 Å². The number of carbonyl (C=O) groups is 11. The van der Waals surface area contributed by atoms with E-state index >= 15 is 4.79 Å². The van der Waals surface area contributed by atoms with E-state index in [4.69, 9.17) is 0 Å². The molecule has 0 bridgehead atoms. The van der Waals surface area contributed by atoms with Crippen LogP contribution in [0.25, 0.3) is 0 Å². The minimum atomic E-state index is -1.77. The fraction of sp³-hybridized carbons (Fsp3) is 0.797. The molecule has 2 unspecified atom stereocenters. The molecule has 0 aliphatic heterocycles. The van der Waals surface area contributed by atoms with Crippen LogP contribution in [0, 0.1) is 53.3 Å². The van der Waals surface area contributed by atoms with Crippen molar-refractivity contribution >= 4 is 65.0 Å². The number of aliphatic hydroxyl groups is 2. The summed E-state index contributed by atoms with van der Waals surface area (Å²) in [4.78, 5) is 160. The molecule has 0 saturated heterocycles. The molecular weight excluding hydrogens is 1130 g/mol. The first-order valence-electron chi connectivity index (χ1n) is 31.5. The van der Waals surface area contributed by atoms with Gasteiger partial charge in [-0.05, 0) is 107 Å². The summed E-state index contributed by atoms with van der Waals surface area (Å²) in [6.07, 6.45) is 1.47. The minimum absolute atomic E-state index is 0.00142. The van der Waals surface area contributed by atoms with E-state index in [2.05, 4.69) is 26.6 Å². The van der Waals surface area contributed by atoms with Gasteiger partial charge in [-0.15, -0.1) is 0 Å². The molecule has 0 spiro atoms. The number of hydrogen-bond acceptors (Lipinski definition) is 13.